The van der Waals surface area contributed by atoms with Gasteiger partial charge in [0.1, 0.15) is 5.02 Å². The molecular formula is C8H12ClN3O2. The second-order valence-corrected chi connectivity index (χ2v) is 3.24. The molecule has 2 N–H and O–H groups in total. The van der Waals surface area contributed by atoms with Crippen LogP contribution in [0.4, 0.5) is 5.95 Å². The average Bonchev–Trinajstić information content (AvgIpc) is 2.19. The van der Waals surface area contributed by atoms with Crippen LogP contribution in [0.3, 0.4) is 0 Å². The molecule has 0 bridgehead atoms. The fourth-order valence-corrected chi connectivity index (χ4v) is 0.889. The van der Waals surface area contributed by atoms with E-state index < -0.39 is 0 Å². The number of anilines is 1. The zero-order valence-electron chi connectivity index (χ0n) is 8.00. The largest absolute Gasteiger partial charge is 0.380 e. The lowest BCUT2D eigenvalue weighted by Gasteiger charge is -2.10. The van der Waals surface area contributed by atoms with Crippen molar-refractivity contribution in [1.29, 1.82) is 0 Å². The Hall–Kier alpha value is -1.07. The van der Waals surface area contributed by atoms with E-state index in [1.54, 1.807) is 7.11 Å². The van der Waals surface area contributed by atoms with Crippen LogP contribution in [-0.2, 0) is 4.74 Å². The molecule has 1 aromatic rings. The van der Waals surface area contributed by atoms with Crippen molar-refractivity contribution in [3.8, 4) is 0 Å². The smallest absolute Gasteiger partial charge is 0.271 e. The van der Waals surface area contributed by atoms with Crippen molar-refractivity contribution in [3.05, 3.63) is 21.6 Å². The third-order valence-electron chi connectivity index (χ3n) is 1.72. The van der Waals surface area contributed by atoms with E-state index in [4.69, 9.17) is 16.3 Å². The monoisotopic (exact) mass is 217 g/mol. The van der Waals surface area contributed by atoms with Crippen LogP contribution in [-0.4, -0.2) is 29.7 Å². The number of methoxy groups -OCH3 is 1. The first-order valence-corrected chi connectivity index (χ1v) is 4.52. The van der Waals surface area contributed by atoms with E-state index in [9.17, 15) is 4.79 Å². The van der Waals surface area contributed by atoms with Crippen molar-refractivity contribution < 1.29 is 4.74 Å². The zero-order chi connectivity index (χ0) is 10.6. The minimum Gasteiger partial charge on any atom is -0.380 e. The number of hydrogen-bond acceptors (Lipinski definition) is 4. The van der Waals surface area contributed by atoms with Crippen LogP contribution in [0, 0.1) is 0 Å². The summed E-state index contributed by atoms with van der Waals surface area (Å²) in [5.41, 5.74) is -0.353. The molecule has 78 valence electrons. The molecular weight excluding hydrogens is 206 g/mol. The van der Waals surface area contributed by atoms with Gasteiger partial charge < -0.3 is 10.1 Å². The molecule has 1 heterocycles. The summed E-state index contributed by atoms with van der Waals surface area (Å²) in [5, 5.41) is 2.99. The minimum absolute atomic E-state index is 0.0518. The third kappa shape index (κ3) is 3.01. The average molecular weight is 218 g/mol. The number of rotatable bonds is 4. The molecule has 0 radical (unpaired) electrons. The first-order valence-electron chi connectivity index (χ1n) is 4.15. The maximum atomic E-state index is 11.1. The lowest BCUT2D eigenvalue weighted by Crippen LogP contribution is -2.21. The molecule has 0 aromatic carbocycles. The summed E-state index contributed by atoms with van der Waals surface area (Å²) >= 11 is 5.51. The first-order chi connectivity index (χ1) is 6.63. The number of aromatic nitrogens is 2. The lowest BCUT2D eigenvalue weighted by molar-refractivity contribution is 0.128. The van der Waals surface area contributed by atoms with Crippen LogP contribution in [0.2, 0.25) is 5.02 Å². The Kier molecular flexibility index (Phi) is 3.91. The van der Waals surface area contributed by atoms with Gasteiger partial charge in [0.15, 0.2) is 0 Å². The van der Waals surface area contributed by atoms with Crippen LogP contribution < -0.4 is 10.9 Å². The standard InChI is InChI=1S/C8H12ClN3O2/c1-5(14-2)3-10-8-11-4-6(9)7(13)12-8/h4-5H,3H2,1-2H3,(H2,10,11,12,13). The fraction of sp³-hybridized carbons (Fsp3) is 0.500. The number of nitrogens with zero attached hydrogens (tertiary/aromatic N) is 1. The summed E-state index contributed by atoms with van der Waals surface area (Å²) in [5.74, 6) is 0.392. The van der Waals surface area contributed by atoms with E-state index in [1.165, 1.54) is 6.20 Å². The molecule has 0 aliphatic rings. The third-order valence-corrected chi connectivity index (χ3v) is 1.98. The quantitative estimate of drug-likeness (QED) is 0.786. The van der Waals surface area contributed by atoms with Gasteiger partial charge in [0.2, 0.25) is 5.95 Å². The molecule has 0 aliphatic heterocycles. The van der Waals surface area contributed by atoms with Gasteiger partial charge in [0.05, 0.1) is 12.3 Å². The SMILES string of the molecule is COC(C)CNc1ncc(Cl)c(=O)[nH]1. The number of hydrogen-bond donors (Lipinski definition) is 2. The summed E-state index contributed by atoms with van der Waals surface area (Å²) in [6, 6.07) is 0. The predicted octanol–water partition coefficient (Wildman–Crippen LogP) is 0.870. The summed E-state index contributed by atoms with van der Waals surface area (Å²) in [6.07, 6.45) is 1.36. The number of halogens is 1. The minimum atomic E-state index is -0.353. The van der Waals surface area contributed by atoms with Crippen LogP contribution in [0.1, 0.15) is 6.92 Å². The maximum absolute atomic E-state index is 11.1. The van der Waals surface area contributed by atoms with Gasteiger partial charge >= 0.3 is 0 Å². The highest BCUT2D eigenvalue weighted by atomic mass is 35.5. The second kappa shape index (κ2) is 4.97. The Morgan fingerprint density at radius 1 is 1.79 bits per heavy atom. The van der Waals surface area contributed by atoms with Gasteiger partial charge in [-0.25, -0.2) is 4.98 Å². The van der Waals surface area contributed by atoms with Crippen LogP contribution in [0.5, 0.6) is 0 Å². The second-order valence-electron chi connectivity index (χ2n) is 2.84. The van der Waals surface area contributed by atoms with E-state index in [2.05, 4.69) is 15.3 Å². The van der Waals surface area contributed by atoms with Crippen molar-refractivity contribution in [2.45, 2.75) is 13.0 Å². The van der Waals surface area contributed by atoms with Crippen molar-refractivity contribution in [2.24, 2.45) is 0 Å². The predicted molar refractivity (Wildman–Crippen MR) is 54.8 cm³/mol. The Labute approximate surface area is 86.5 Å². The highest BCUT2D eigenvalue weighted by Gasteiger charge is 2.01. The van der Waals surface area contributed by atoms with E-state index in [-0.39, 0.29) is 16.7 Å². The molecule has 0 amide bonds. The normalized spacial score (nSPS) is 12.5. The number of ether oxygens (including phenoxy) is 1. The topological polar surface area (TPSA) is 67.0 Å². The zero-order valence-corrected chi connectivity index (χ0v) is 8.76. The van der Waals surface area contributed by atoms with E-state index in [1.807, 2.05) is 6.92 Å². The number of H-pyrrole nitrogens is 1. The van der Waals surface area contributed by atoms with Gasteiger partial charge in [-0.05, 0) is 6.92 Å². The van der Waals surface area contributed by atoms with Gasteiger partial charge in [0.25, 0.3) is 5.56 Å². The Balaban J connectivity index is 2.60. The molecule has 0 spiro atoms. The van der Waals surface area contributed by atoms with E-state index >= 15 is 0 Å². The van der Waals surface area contributed by atoms with Crippen molar-refractivity contribution in [1.82, 2.24) is 9.97 Å². The fourth-order valence-electron chi connectivity index (χ4n) is 0.793. The summed E-state index contributed by atoms with van der Waals surface area (Å²) in [4.78, 5) is 17.4. The van der Waals surface area contributed by atoms with Gasteiger partial charge in [-0.2, -0.15) is 0 Å². The molecule has 1 unspecified atom stereocenters. The van der Waals surface area contributed by atoms with Crippen LogP contribution in [0.15, 0.2) is 11.0 Å². The summed E-state index contributed by atoms with van der Waals surface area (Å²) < 4.78 is 5.02. The molecule has 1 aromatic heterocycles. The highest BCUT2D eigenvalue weighted by Crippen LogP contribution is 2.00. The Morgan fingerprint density at radius 2 is 2.50 bits per heavy atom. The molecule has 0 fully saturated rings. The van der Waals surface area contributed by atoms with E-state index in [0.29, 0.717) is 12.5 Å². The van der Waals surface area contributed by atoms with Gasteiger partial charge in [-0.1, -0.05) is 11.6 Å². The van der Waals surface area contributed by atoms with Gasteiger partial charge in [0, 0.05) is 13.7 Å². The molecule has 0 aliphatic carbocycles. The van der Waals surface area contributed by atoms with E-state index in [0.717, 1.165) is 0 Å². The Bertz CT molecular complexity index is 353. The van der Waals surface area contributed by atoms with Crippen LogP contribution >= 0.6 is 11.6 Å². The lowest BCUT2D eigenvalue weighted by atomic mass is 10.4. The molecule has 14 heavy (non-hydrogen) atoms. The molecule has 0 saturated heterocycles. The van der Waals surface area contributed by atoms with Crippen molar-refractivity contribution in [3.63, 3.8) is 0 Å². The highest BCUT2D eigenvalue weighted by molar-refractivity contribution is 6.30. The molecule has 1 rings (SSSR count). The number of nitrogens with one attached hydrogen (secondary N) is 2. The number of aromatic amines is 1. The van der Waals surface area contributed by atoms with Crippen LogP contribution in [0.25, 0.3) is 0 Å². The van der Waals surface area contributed by atoms with Crippen molar-refractivity contribution in [2.75, 3.05) is 19.0 Å². The first kappa shape index (κ1) is 11.0. The Morgan fingerprint density at radius 3 is 3.07 bits per heavy atom. The molecule has 1 atom stereocenters. The molecule has 5 nitrogen and oxygen atoms in total. The van der Waals surface area contributed by atoms with Gasteiger partial charge in [-0.3, -0.25) is 9.78 Å². The maximum Gasteiger partial charge on any atom is 0.271 e. The molecule has 0 saturated carbocycles. The summed E-state index contributed by atoms with van der Waals surface area (Å²) in [7, 11) is 1.62. The van der Waals surface area contributed by atoms with Crippen molar-refractivity contribution >= 4 is 17.5 Å². The summed E-state index contributed by atoms with van der Waals surface area (Å²) in [6.45, 7) is 2.47. The van der Waals surface area contributed by atoms with Gasteiger partial charge in [-0.15, -0.1) is 0 Å². The molecule has 6 heteroatoms.